The van der Waals surface area contributed by atoms with Crippen LogP contribution in [0.15, 0.2) is 41.3 Å². The molecule has 3 rings (SSSR count). The van der Waals surface area contributed by atoms with E-state index < -0.39 is 44.2 Å². The Bertz CT molecular complexity index is 1200. The van der Waals surface area contributed by atoms with E-state index in [4.69, 9.17) is 21.5 Å². The van der Waals surface area contributed by atoms with E-state index in [1.807, 2.05) is 0 Å². The maximum Gasteiger partial charge on any atom is 0.282 e. The predicted octanol–water partition coefficient (Wildman–Crippen LogP) is 4.06. The minimum Gasteiger partial charge on any atom is -0.495 e. The van der Waals surface area contributed by atoms with E-state index in [1.165, 1.54) is 25.3 Å². The van der Waals surface area contributed by atoms with E-state index >= 15 is 0 Å². The van der Waals surface area contributed by atoms with Gasteiger partial charge in [-0.15, -0.1) is 0 Å². The smallest absolute Gasteiger partial charge is 0.282 e. The van der Waals surface area contributed by atoms with Gasteiger partial charge >= 0.3 is 0 Å². The molecule has 3 aromatic rings. The number of ether oxygens (including phenoxy) is 1. The third-order valence-corrected chi connectivity index (χ3v) is 5.17. The van der Waals surface area contributed by atoms with Gasteiger partial charge in [-0.2, -0.15) is 5.10 Å². The van der Waals surface area contributed by atoms with Crippen LogP contribution in [0.25, 0.3) is 16.9 Å². The Kier molecular flexibility index (Phi) is 5.57. The van der Waals surface area contributed by atoms with Crippen LogP contribution in [-0.4, -0.2) is 25.3 Å². The number of alkyl halides is 2. The molecule has 1 heterocycles. The van der Waals surface area contributed by atoms with Gasteiger partial charge in [0, 0.05) is 11.6 Å². The van der Waals surface area contributed by atoms with E-state index in [1.54, 1.807) is 0 Å². The van der Waals surface area contributed by atoms with E-state index in [2.05, 4.69) is 5.10 Å². The van der Waals surface area contributed by atoms with Crippen molar-refractivity contribution in [1.82, 2.24) is 9.78 Å². The van der Waals surface area contributed by atoms with Crippen LogP contribution in [0, 0.1) is 11.6 Å². The highest BCUT2D eigenvalue weighted by Gasteiger charge is 2.24. The maximum absolute atomic E-state index is 14.6. The van der Waals surface area contributed by atoms with Gasteiger partial charge in [0.05, 0.1) is 23.5 Å². The number of halogens is 5. The highest BCUT2D eigenvalue weighted by atomic mass is 35.5. The summed E-state index contributed by atoms with van der Waals surface area (Å²) < 4.78 is 84.0. The number of hydrogen-bond donors (Lipinski definition) is 1. The number of nitrogens with two attached hydrogens (primary N) is 1. The van der Waals surface area contributed by atoms with Crippen molar-refractivity contribution in [1.29, 1.82) is 0 Å². The van der Waals surface area contributed by atoms with Crippen molar-refractivity contribution in [2.75, 3.05) is 7.11 Å². The fourth-order valence-electron chi connectivity index (χ4n) is 2.62. The number of methoxy groups -OCH3 is 1. The zero-order valence-electron chi connectivity index (χ0n) is 14.5. The number of hydrogen-bond acceptors (Lipinski definition) is 4. The Hall–Kier alpha value is -2.63. The van der Waals surface area contributed by atoms with E-state index in [-0.39, 0.29) is 22.2 Å². The molecule has 2 aromatic carbocycles. The Balaban J connectivity index is 2.27. The van der Waals surface area contributed by atoms with Gasteiger partial charge in [-0.3, -0.25) is 0 Å². The first-order chi connectivity index (χ1) is 13.5. The minimum atomic E-state index is -4.53. The van der Waals surface area contributed by atoms with Gasteiger partial charge in [-0.05, 0) is 30.3 Å². The number of rotatable bonds is 5. The molecule has 6 nitrogen and oxygen atoms in total. The lowest BCUT2D eigenvalue weighted by atomic mass is 10.1. The van der Waals surface area contributed by atoms with Gasteiger partial charge in [0.25, 0.3) is 6.43 Å². The lowest BCUT2D eigenvalue weighted by Crippen LogP contribution is -2.15. The fourth-order valence-corrected chi connectivity index (χ4v) is 3.41. The van der Waals surface area contributed by atoms with Crippen LogP contribution in [0.4, 0.5) is 17.6 Å². The molecule has 0 bridgehead atoms. The van der Waals surface area contributed by atoms with Gasteiger partial charge in [0.1, 0.15) is 28.0 Å². The molecule has 0 saturated heterocycles. The van der Waals surface area contributed by atoms with Gasteiger partial charge in [0.15, 0.2) is 0 Å². The molecule has 0 atom stereocenters. The lowest BCUT2D eigenvalue weighted by molar-refractivity contribution is 0.145. The summed E-state index contributed by atoms with van der Waals surface area (Å²) in [6.07, 6.45) is -3.00. The Morgan fingerprint density at radius 1 is 1.14 bits per heavy atom. The van der Waals surface area contributed by atoms with Crippen molar-refractivity contribution >= 4 is 21.6 Å². The summed E-state index contributed by atoms with van der Waals surface area (Å²) in [5.74, 6) is -2.34. The summed E-state index contributed by atoms with van der Waals surface area (Å²) in [4.78, 5) is -1.06. The molecule has 0 unspecified atom stereocenters. The fraction of sp³-hybridized carbons (Fsp3) is 0.118. The highest BCUT2D eigenvalue weighted by Crippen LogP contribution is 2.34. The zero-order chi connectivity index (χ0) is 21.5. The molecule has 0 fully saturated rings. The number of nitrogens with zero attached hydrogens (tertiary/aromatic N) is 2. The SMILES string of the molecule is COc1cc(-n2nc(C(F)F)cc2-c2cc(F)c(S(N)(=O)=O)cc2F)ccc1Cl. The molecule has 0 saturated carbocycles. The second kappa shape index (κ2) is 7.65. The van der Waals surface area contributed by atoms with Crippen LogP contribution in [-0.2, 0) is 10.0 Å². The van der Waals surface area contributed by atoms with Gasteiger partial charge < -0.3 is 4.74 Å². The van der Waals surface area contributed by atoms with E-state index in [9.17, 15) is 26.0 Å². The predicted molar refractivity (Wildman–Crippen MR) is 96.8 cm³/mol. The average molecular weight is 450 g/mol. The quantitative estimate of drug-likeness (QED) is 0.595. The summed E-state index contributed by atoms with van der Waals surface area (Å²) in [6, 6.07) is 5.96. The molecule has 154 valence electrons. The maximum atomic E-state index is 14.6. The molecular formula is C17H12ClF4N3O3S. The first-order valence-electron chi connectivity index (χ1n) is 7.77. The van der Waals surface area contributed by atoms with E-state index in [0.29, 0.717) is 12.1 Å². The van der Waals surface area contributed by atoms with Crippen LogP contribution < -0.4 is 9.88 Å². The summed E-state index contributed by atoms with van der Waals surface area (Å²) in [5, 5.41) is 8.82. The second-order valence-electron chi connectivity index (χ2n) is 5.79. The minimum absolute atomic E-state index is 0.170. The number of aromatic nitrogens is 2. The van der Waals surface area contributed by atoms with Crippen molar-refractivity contribution in [2.24, 2.45) is 5.14 Å². The summed E-state index contributed by atoms with van der Waals surface area (Å²) in [5.41, 5.74) is -1.28. The lowest BCUT2D eigenvalue weighted by Gasteiger charge is -2.12. The normalized spacial score (nSPS) is 11.9. The molecule has 0 spiro atoms. The molecule has 0 aliphatic carbocycles. The summed E-state index contributed by atoms with van der Waals surface area (Å²) >= 11 is 5.95. The molecule has 0 aliphatic heterocycles. The standard InChI is InChI=1S/C17H12ClF4N3O3S/c1-28-15-4-8(2-3-10(15)18)25-14(7-13(24-25)17(21)22)9-5-12(20)16(6-11(9)19)29(23,26)27/h2-7,17H,1H3,(H2,23,26,27). The molecule has 12 heteroatoms. The third-order valence-electron chi connectivity index (χ3n) is 3.94. The van der Waals surface area contributed by atoms with Gasteiger partial charge in [-0.1, -0.05) is 11.6 Å². The second-order valence-corrected chi connectivity index (χ2v) is 7.73. The van der Waals surface area contributed by atoms with Crippen LogP contribution in [0.5, 0.6) is 5.75 Å². The van der Waals surface area contributed by atoms with Crippen LogP contribution in [0.3, 0.4) is 0 Å². The molecule has 0 amide bonds. The van der Waals surface area contributed by atoms with E-state index in [0.717, 1.165) is 10.7 Å². The van der Waals surface area contributed by atoms with Gasteiger partial charge in [0.2, 0.25) is 10.0 Å². The number of primary sulfonamides is 1. The average Bonchev–Trinajstić information content (AvgIpc) is 3.08. The van der Waals surface area contributed by atoms with Crippen LogP contribution in [0.1, 0.15) is 12.1 Å². The molecule has 0 aliphatic rings. The van der Waals surface area contributed by atoms with Crippen LogP contribution in [0.2, 0.25) is 5.02 Å². The molecule has 0 radical (unpaired) electrons. The van der Waals surface area contributed by atoms with Crippen molar-refractivity contribution in [3.8, 4) is 22.7 Å². The summed E-state index contributed by atoms with van der Waals surface area (Å²) in [6.45, 7) is 0. The molecule has 1 aromatic heterocycles. The largest absolute Gasteiger partial charge is 0.495 e. The number of sulfonamides is 1. The Morgan fingerprint density at radius 3 is 2.41 bits per heavy atom. The van der Waals surface area contributed by atoms with Crippen LogP contribution >= 0.6 is 11.6 Å². The van der Waals surface area contributed by atoms with Crippen molar-refractivity contribution in [3.63, 3.8) is 0 Å². The monoisotopic (exact) mass is 449 g/mol. The first-order valence-corrected chi connectivity index (χ1v) is 9.69. The molecular weight excluding hydrogens is 438 g/mol. The topological polar surface area (TPSA) is 87.2 Å². The molecule has 29 heavy (non-hydrogen) atoms. The number of benzene rings is 2. The Labute approximate surface area is 167 Å². The first kappa shape index (κ1) is 21.1. The molecule has 2 N–H and O–H groups in total. The van der Waals surface area contributed by atoms with Gasteiger partial charge in [-0.25, -0.2) is 35.8 Å². The van der Waals surface area contributed by atoms with Crippen molar-refractivity contribution in [2.45, 2.75) is 11.3 Å². The zero-order valence-corrected chi connectivity index (χ0v) is 16.1. The highest BCUT2D eigenvalue weighted by molar-refractivity contribution is 7.89. The van der Waals surface area contributed by atoms with Crippen molar-refractivity contribution < 1.29 is 30.7 Å². The van der Waals surface area contributed by atoms with Crippen molar-refractivity contribution in [3.05, 3.63) is 58.7 Å². The summed E-state index contributed by atoms with van der Waals surface area (Å²) in [7, 11) is -3.19. The third kappa shape index (κ3) is 4.07. The Morgan fingerprint density at radius 2 is 1.83 bits per heavy atom.